The van der Waals surface area contributed by atoms with Crippen LogP contribution in [0.2, 0.25) is 0 Å². The molecule has 1 fully saturated rings. The van der Waals surface area contributed by atoms with Crippen LogP contribution in [-0.4, -0.2) is 59.7 Å². The van der Waals surface area contributed by atoms with E-state index >= 15 is 0 Å². The van der Waals surface area contributed by atoms with Crippen LogP contribution >= 0.6 is 11.3 Å². The molecule has 2 aromatic rings. The van der Waals surface area contributed by atoms with Crippen LogP contribution in [0.4, 0.5) is 0 Å². The van der Waals surface area contributed by atoms with Crippen molar-refractivity contribution >= 4 is 29.0 Å². The van der Waals surface area contributed by atoms with Crippen LogP contribution in [0.15, 0.2) is 36.4 Å². The molecule has 31 heavy (non-hydrogen) atoms. The number of carbonyl (C=O) groups is 3. The van der Waals surface area contributed by atoms with Crippen molar-refractivity contribution in [2.75, 3.05) is 26.2 Å². The lowest BCUT2D eigenvalue weighted by atomic mass is 10.1. The number of piperazine rings is 1. The number of ketones is 1. The minimum atomic E-state index is -0.839. The molecule has 1 aromatic heterocycles. The number of aryl methyl sites for hydroxylation is 2. The Balaban J connectivity index is 1.40. The third-order valence-corrected chi connectivity index (χ3v) is 6.45. The number of amides is 1. The molecule has 1 amide bonds. The van der Waals surface area contributed by atoms with Crippen molar-refractivity contribution in [2.24, 2.45) is 0 Å². The maximum atomic E-state index is 12.7. The van der Waals surface area contributed by atoms with Crippen molar-refractivity contribution in [1.29, 1.82) is 0 Å². The molecular weight excluding hydrogens is 412 g/mol. The van der Waals surface area contributed by atoms with E-state index in [0.29, 0.717) is 18.7 Å². The Kier molecular flexibility index (Phi) is 7.98. The van der Waals surface area contributed by atoms with Gasteiger partial charge in [-0.3, -0.25) is 19.3 Å². The fourth-order valence-electron chi connectivity index (χ4n) is 3.79. The molecule has 1 unspecified atom stereocenters. The molecule has 0 bridgehead atoms. The van der Waals surface area contributed by atoms with Gasteiger partial charge in [0.25, 0.3) is 5.91 Å². The fraction of sp³-hybridized carbons (Fsp3) is 0.458. The van der Waals surface area contributed by atoms with E-state index in [2.05, 4.69) is 17.0 Å². The Morgan fingerprint density at radius 2 is 1.71 bits per heavy atom. The largest absolute Gasteiger partial charge is 0.453 e. The molecule has 0 radical (unpaired) electrons. The molecule has 1 saturated heterocycles. The lowest BCUT2D eigenvalue weighted by molar-refractivity contribution is -0.159. The SMILES string of the molecule is Cc1cc(C(=O)CCC(=O)OC(C)C(=O)N2CCN(Cc3ccccc3)CC2)c(C)s1. The molecular formula is C24H30N2O4S. The first-order chi connectivity index (χ1) is 14.8. The van der Waals surface area contributed by atoms with E-state index in [-0.39, 0.29) is 24.5 Å². The Bertz CT molecular complexity index is 917. The van der Waals surface area contributed by atoms with E-state index in [0.717, 1.165) is 29.4 Å². The average molecular weight is 443 g/mol. The normalized spacial score (nSPS) is 15.5. The van der Waals surface area contributed by atoms with E-state index in [1.165, 1.54) is 5.56 Å². The first-order valence-corrected chi connectivity index (χ1v) is 11.5. The Hall–Kier alpha value is -2.51. The zero-order valence-corrected chi connectivity index (χ0v) is 19.2. The van der Waals surface area contributed by atoms with E-state index in [1.807, 2.05) is 38.1 Å². The minimum Gasteiger partial charge on any atom is -0.453 e. The van der Waals surface area contributed by atoms with Crippen LogP contribution in [0.5, 0.6) is 0 Å². The monoisotopic (exact) mass is 442 g/mol. The zero-order valence-electron chi connectivity index (χ0n) is 18.4. The highest BCUT2D eigenvalue weighted by Crippen LogP contribution is 2.22. The summed E-state index contributed by atoms with van der Waals surface area (Å²) in [6.07, 6.45) is -0.765. The predicted octanol–water partition coefficient (Wildman–Crippen LogP) is 3.60. The number of Topliss-reactive ketones (excluding diaryl/α,β-unsaturated/α-hetero) is 1. The molecule has 2 heterocycles. The highest BCUT2D eigenvalue weighted by atomic mass is 32.1. The third-order valence-electron chi connectivity index (χ3n) is 5.49. The van der Waals surface area contributed by atoms with Crippen LogP contribution in [0.25, 0.3) is 0 Å². The lowest BCUT2D eigenvalue weighted by Gasteiger charge is -2.35. The van der Waals surface area contributed by atoms with Crippen LogP contribution in [-0.2, 0) is 20.9 Å². The molecule has 1 atom stereocenters. The second-order valence-electron chi connectivity index (χ2n) is 7.97. The third kappa shape index (κ3) is 6.48. The summed E-state index contributed by atoms with van der Waals surface area (Å²) in [5, 5.41) is 0. The molecule has 166 valence electrons. The number of ether oxygens (including phenoxy) is 1. The highest BCUT2D eigenvalue weighted by Gasteiger charge is 2.27. The van der Waals surface area contributed by atoms with Crippen LogP contribution in [0.1, 0.15) is 45.4 Å². The standard InChI is InChI=1S/C24H30N2O4S/c1-17-15-21(19(3)31-17)22(27)9-10-23(28)30-18(2)24(29)26-13-11-25(12-14-26)16-20-7-5-4-6-8-20/h4-8,15,18H,9-14,16H2,1-3H3. The molecule has 1 aliphatic rings. The van der Waals surface area contributed by atoms with Crippen molar-refractivity contribution in [2.45, 2.75) is 46.3 Å². The molecule has 1 aliphatic heterocycles. The molecule has 0 N–H and O–H groups in total. The average Bonchev–Trinajstić information content (AvgIpc) is 3.10. The number of hydrogen-bond acceptors (Lipinski definition) is 6. The van der Waals surface area contributed by atoms with Gasteiger partial charge in [-0.2, -0.15) is 0 Å². The predicted molar refractivity (Wildman–Crippen MR) is 121 cm³/mol. The van der Waals surface area contributed by atoms with Gasteiger partial charge in [-0.05, 0) is 32.4 Å². The summed E-state index contributed by atoms with van der Waals surface area (Å²) in [5.41, 5.74) is 1.93. The van der Waals surface area contributed by atoms with Crippen LogP contribution in [0.3, 0.4) is 0 Å². The number of thiophene rings is 1. The van der Waals surface area contributed by atoms with Gasteiger partial charge in [-0.1, -0.05) is 30.3 Å². The second kappa shape index (κ2) is 10.7. The van der Waals surface area contributed by atoms with Gasteiger partial charge in [0.05, 0.1) is 6.42 Å². The van der Waals surface area contributed by atoms with Gasteiger partial charge in [0.15, 0.2) is 11.9 Å². The van der Waals surface area contributed by atoms with Gasteiger partial charge >= 0.3 is 5.97 Å². The van der Waals surface area contributed by atoms with Crippen LogP contribution in [0, 0.1) is 13.8 Å². The number of esters is 1. The van der Waals surface area contributed by atoms with Gasteiger partial charge in [-0.15, -0.1) is 11.3 Å². The molecule has 0 aliphatic carbocycles. The Labute approximate surface area is 187 Å². The molecule has 6 nitrogen and oxygen atoms in total. The summed E-state index contributed by atoms with van der Waals surface area (Å²) in [5.74, 6) is -0.753. The quantitative estimate of drug-likeness (QED) is 0.462. The number of benzene rings is 1. The number of rotatable bonds is 8. The number of carbonyl (C=O) groups excluding carboxylic acids is 3. The zero-order chi connectivity index (χ0) is 22.4. The summed E-state index contributed by atoms with van der Waals surface area (Å²) >= 11 is 1.57. The van der Waals surface area contributed by atoms with Crippen molar-refractivity contribution < 1.29 is 19.1 Å². The summed E-state index contributed by atoms with van der Waals surface area (Å²) < 4.78 is 5.32. The van der Waals surface area contributed by atoms with Gasteiger partial charge < -0.3 is 9.64 Å². The van der Waals surface area contributed by atoms with Gasteiger partial charge in [-0.25, -0.2) is 0 Å². The lowest BCUT2D eigenvalue weighted by Crippen LogP contribution is -2.51. The molecule has 1 aromatic carbocycles. The summed E-state index contributed by atoms with van der Waals surface area (Å²) in [7, 11) is 0. The van der Waals surface area contributed by atoms with E-state index in [4.69, 9.17) is 4.74 Å². The topological polar surface area (TPSA) is 66.9 Å². The molecule has 7 heteroatoms. The molecule has 0 spiro atoms. The number of nitrogens with zero attached hydrogens (tertiary/aromatic N) is 2. The Morgan fingerprint density at radius 3 is 2.32 bits per heavy atom. The van der Waals surface area contributed by atoms with Crippen molar-refractivity contribution in [1.82, 2.24) is 9.80 Å². The summed E-state index contributed by atoms with van der Waals surface area (Å²) in [4.78, 5) is 43.3. The van der Waals surface area contributed by atoms with E-state index in [9.17, 15) is 14.4 Å². The van der Waals surface area contributed by atoms with Crippen LogP contribution < -0.4 is 0 Å². The number of hydrogen-bond donors (Lipinski definition) is 0. The minimum absolute atomic E-state index is 0.0182. The maximum absolute atomic E-state index is 12.7. The van der Waals surface area contributed by atoms with Crippen molar-refractivity contribution in [3.63, 3.8) is 0 Å². The first-order valence-electron chi connectivity index (χ1n) is 10.7. The smallest absolute Gasteiger partial charge is 0.307 e. The van der Waals surface area contributed by atoms with Crippen molar-refractivity contribution in [3.05, 3.63) is 57.3 Å². The van der Waals surface area contributed by atoms with Gasteiger partial charge in [0.1, 0.15) is 0 Å². The van der Waals surface area contributed by atoms with Crippen molar-refractivity contribution in [3.8, 4) is 0 Å². The summed E-state index contributed by atoms with van der Waals surface area (Å²) in [6.45, 7) is 9.13. The van der Waals surface area contributed by atoms with Gasteiger partial charge in [0.2, 0.25) is 0 Å². The highest BCUT2D eigenvalue weighted by molar-refractivity contribution is 7.12. The molecule has 3 rings (SSSR count). The first kappa shape index (κ1) is 23.2. The second-order valence-corrected chi connectivity index (χ2v) is 9.43. The van der Waals surface area contributed by atoms with E-state index in [1.54, 1.807) is 23.2 Å². The molecule has 0 saturated carbocycles. The van der Waals surface area contributed by atoms with E-state index < -0.39 is 12.1 Å². The van der Waals surface area contributed by atoms with Gasteiger partial charge in [0, 0.05) is 54.5 Å². The maximum Gasteiger partial charge on any atom is 0.307 e. The Morgan fingerprint density at radius 1 is 1.03 bits per heavy atom. The summed E-state index contributed by atoms with van der Waals surface area (Å²) in [6, 6.07) is 12.1. The fourth-order valence-corrected chi connectivity index (χ4v) is 4.73.